The lowest BCUT2D eigenvalue weighted by Crippen LogP contribution is -2.45. The number of hydrogen-bond donors (Lipinski definition) is 2. The highest BCUT2D eigenvalue weighted by Gasteiger charge is 2.23. The van der Waals surface area contributed by atoms with Gasteiger partial charge < -0.3 is 20.1 Å². The number of hydrogen-bond acceptors (Lipinski definition) is 8. The molecule has 4 heterocycles. The van der Waals surface area contributed by atoms with Crippen molar-refractivity contribution >= 4 is 34.4 Å². The lowest BCUT2D eigenvalue weighted by atomic mass is 10.1. The molecule has 1 aliphatic rings. The van der Waals surface area contributed by atoms with Crippen LogP contribution in [0.3, 0.4) is 0 Å². The molecule has 9 heteroatoms. The van der Waals surface area contributed by atoms with E-state index in [0.29, 0.717) is 11.3 Å². The molecule has 1 amide bonds. The molecule has 2 N–H and O–H groups in total. The van der Waals surface area contributed by atoms with Crippen LogP contribution < -0.4 is 10.2 Å². The summed E-state index contributed by atoms with van der Waals surface area (Å²) >= 11 is 1.54. The van der Waals surface area contributed by atoms with E-state index < -0.39 is 0 Å². The molecule has 1 aliphatic heterocycles. The van der Waals surface area contributed by atoms with Gasteiger partial charge in [-0.15, -0.1) is 11.8 Å². The molecule has 2 atom stereocenters. The van der Waals surface area contributed by atoms with Gasteiger partial charge in [0.2, 0.25) is 0 Å². The van der Waals surface area contributed by atoms with Crippen LogP contribution in [-0.4, -0.2) is 63.6 Å². The van der Waals surface area contributed by atoms with Crippen molar-refractivity contribution in [3.63, 3.8) is 0 Å². The molecule has 2 unspecified atom stereocenters. The molecule has 8 nitrogen and oxygen atoms in total. The van der Waals surface area contributed by atoms with Crippen LogP contribution in [0.25, 0.3) is 22.3 Å². The number of aliphatic hydroxyl groups excluding tert-OH is 1. The van der Waals surface area contributed by atoms with Crippen LogP contribution in [0.5, 0.6) is 0 Å². The average Bonchev–Trinajstić information content (AvgIpc) is 2.94. The highest BCUT2D eigenvalue weighted by molar-refractivity contribution is 7.99. The zero-order valence-electron chi connectivity index (χ0n) is 22.4. The molecule has 0 aliphatic carbocycles. The molecule has 4 aromatic rings. The number of thioether (sulfide) groups is 1. The zero-order valence-corrected chi connectivity index (χ0v) is 23.2. The summed E-state index contributed by atoms with van der Waals surface area (Å²) in [5, 5.41) is 13.0. The summed E-state index contributed by atoms with van der Waals surface area (Å²) in [5.41, 5.74) is 4.77. The summed E-state index contributed by atoms with van der Waals surface area (Å²) in [6, 6.07) is 17.5. The second kappa shape index (κ2) is 12.1. The fraction of sp³-hybridized carbons (Fsp3) is 0.333. The van der Waals surface area contributed by atoms with Crippen LogP contribution in [0, 0.1) is 6.92 Å². The van der Waals surface area contributed by atoms with E-state index in [9.17, 15) is 4.79 Å². The van der Waals surface area contributed by atoms with Gasteiger partial charge in [-0.25, -0.2) is 9.97 Å². The lowest BCUT2D eigenvalue weighted by Gasteiger charge is -2.36. The fourth-order valence-corrected chi connectivity index (χ4v) is 5.55. The Labute approximate surface area is 232 Å². The predicted molar refractivity (Wildman–Crippen MR) is 155 cm³/mol. The molecule has 1 fully saturated rings. The van der Waals surface area contributed by atoms with Gasteiger partial charge in [0.05, 0.1) is 48.0 Å². The number of aryl methyl sites for hydroxylation is 1. The fourth-order valence-electron chi connectivity index (χ4n) is 4.73. The van der Waals surface area contributed by atoms with Crippen molar-refractivity contribution in [2.24, 2.45) is 0 Å². The van der Waals surface area contributed by atoms with E-state index in [-0.39, 0.29) is 31.3 Å². The third kappa shape index (κ3) is 6.55. The topological polar surface area (TPSA) is 100 Å². The summed E-state index contributed by atoms with van der Waals surface area (Å²) in [6.07, 6.45) is 2.09. The summed E-state index contributed by atoms with van der Waals surface area (Å²) in [4.78, 5) is 30.4. The van der Waals surface area contributed by atoms with E-state index in [1.165, 1.54) is 11.8 Å². The third-order valence-corrected chi connectivity index (χ3v) is 7.74. The van der Waals surface area contributed by atoms with Gasteiger partial charge in [-0.3, -0.25) is 9.78 Å². The van der Waals surface area contributed by atoms with Crippen LogP contribution in [-0.2, 0) is 11.3 Å². The van der Waals surface area contributed by atoms with Gasteiger partial charge in [0.25, 0.3) is 5.91 Å². The van der Waals surface area contributed by atoms with Gasteiger partial charge in [-0.2, -0.15) is 0 Å². The largest absolute Gasteiger partial charge is 0.396 e. The van der Waals surface area contributed by atoms with E-state index in [1.807, 2.05) is 61.5 Å². The van der Waals surface area contributed by atoms with Crippen molar-refractivity contribution in [1.29, 1.82) is 0 Å². The maximum absolute atomic E-state index is 12.8. The van der Waals surface area contributed by atoms with E-state index in [4.69, 9.17) is 19.8 Å². The number of ether oxygens (including phenoxy) is 1. The Morgan fingerprint density at radius 1 is 1.08 bits per heavy atom. The monoisotopic (exact) mass is 543 g/mol. The molecule has 1 aromatic carbocycles. The Kier molecular flexibility index (Phi) is 8.40. The second-order valence-electron chi connectivity index (χ2n) is 9.84. The number of carbonyl (C=O) groups excluding carboxylic acids is 1. The number of nitrogens with zero attached hydrogens (tertiary/aromatic N) is 4. The summed E-state index contributed by atoms with van der Waals surface area (Å²) in [7, 11) is 0. The number of fused-ring (bicyclic) bond motifs is 1. The first kappa shape index (κ1) is 27.1. The lowest BCUT2D eigenvalue weighted by molar-refractivity contribution is -0.00545. The predicted octanol–water partition coefficient (Wildman–Crippen LogP) is 4.63. The molecular weight excluding hydrogens is 510 g/mol. The van der Waals surface area contributed by atoms with Crippen molar-refractivity contribution in [2.45, 2.75) is 44.4 Å². The molecule has 0 radical (unpaired) electrons. The SMILES string of the molecule is Cc1ccc(C(=O)NCc2cc3nc(-c4cccc(N5CC(C)OC(C)C5)n4)ccc3cn2)cc1SCCO. The number of rotatable bonds is 8. The number of amides is 1. The van der Waals surface area contributed by atoms with Crippen LogP contribution in [0.1, 0.15) is 35.5 Å². The molecule has 0 bridgehead atoms. The Balaban J connectivity index is 1.31. The maximum atomic E-state index is 12.8. The van der Waals surface area contributed by atoms with Crippen LogP contribution in [0.4, 0.5) is 5.82 Å². The van der Waals surface area contributed by atoms with Crippen molar-refractivity contribution in [1.82, 2.24) is 20.3 Å². The van der Waals surface area contributed by atoms with E-state index >= 15 is 0 Å². The van der Waals surface area contributed by atoms with Crippen molar-refractivity contribution in [3.8, 4) is 11.4 Å². The molecule has 202 valence electrons. The average molecular weight is 544 g/mol. The standard InChI is InChI=1S/C30H33N5O3S/c1-19-7-8-22(13-28(19)39-12-11-36)30(37)32-16-24-14-27-23(15-31-24)9-10-26(33-27)25-5-4-6-29(34-25)35-17-20(2)38-21(3)18-35/h4-10,13-15,20-21,36H,11-12,16-18H2,1-3H3,(H,32,37). The molecule has 5 rings (SSSR count). The van der Waals surface area contributed by atoms with Gasteiger partial charge in [0, 0.05) is 40.9 Å². The van der Waals surface area contributed by atoms with E-state index in [1.54, 1.807) is 6.20 Å². The van der Waals surface area contributed by atoms with Crippen LogP contribution in [0.2, 0.25) is 0 Å². The number of morpholine rings is 1. The van der Waals surface area contributed by atoms with Gasteiger partial charge >= 0.3 is 0 Å². The number of anilines is 1. The Bertz CT molecular complexity index is 1470. The van der Waals surface area contributed by atoms with Crippen molar-refractivity contribution in [2.75, 3.05) is 30.3 Å². The first-order valence-electron chi connectivity index (χ1n) is 13.2. The maximum Gasteiger partial charge on any atom is 0.251 e. The molecule has 0 spiro atoms. The molecule has 1 saturated heterocycles. The van der Waals surface area contributed by atoms with Gasteiger partial charge in [-0.1, -0.05) is 12.1 Å². The Morgan fingerprint density at radius 2 is 1.87 bits per heavy atom. The van der Waals surface area contributed by atoms with Crippen LogP contribution >= 0.6 is 11.8 Å². The second-order valence-corrected chi connectivity index (χ2v) is 11.0. The molecular formula is C30H33N5O3S. The number of nitrogens with one attached hydrogen (secondary N) is 1. The molecule has 3 aromatic heterocycles. The highest BCUT2D eigenvalue weighted by Crippen LogP contribution is 2.25. The highest BCUT2D eigenvalue weighted by atomic mass is 32.2. The Morgan fingerprint density at radius 3 is 2.67 bits per heavy atom. The number of pyridine rings is 3. The summed E-state index contributed by atoms with van der Waals surface area (Å²) in [5.74, 6) is 1.34. The van der Waals surface area contributed by atoms with Crippen molar-refractivity contribution in [3.05, 3.63) is 77.6 Å². The number of carbonyl (C=O) groups is 1. The molecule has 0 saturated carbocycles. The minimum atomic E-state index is -0.169. The van der Waals surface area contributed by atoms with E-state index in [2.05, 4.69) is 29.0 Å². The Hall–Kier alpha value is -3.53. The molecule has 39 heavy (non-hydrogen) atoms. The minimum absolute atomic E-state index is 0.0951. The van der Waals surface area contributed by atoms with Crippen LogP contribution in [0.15, 0.2) is 65.7 Å². The normalized spacial score (nSPS) is 17.4. The first-order chi connectivity index (χ1) is 18.9. The van der Waals surface area contributed by atoms with E-state index in [0.717, 1.165) is 57.4 Å². The van der Waals surface area contributed by atoms with Gasteiger partial charge in [0.1, 0.15) is 5.82 Å². The van der Waals surface area contributed by atoms with Crippen molar-refractivity contribution < 1.29 is 14.6 Å². The zero-order chi connectivity index (χ0) is 27.4. The number of aromatic nitrogens is 3. The number of benzene rings is 1. The smallest absolute Gasteiger partial charge is 0.251 e. The third-order valence-electron chi connectivity index (χ3n) is 6.60. The minimum Gasteiger partial charge on any atom is -0.396 e. The first-order valence-corrected chi connectivity index (χ1v) is 14.1. The number of aliphatic hydroxyl groups is 1. The van der Waals surface area contributed by atoms with Gasteiger partial charge in [-0.05, 0) is 68.8 Å². The quantitative estimate of drug-likeness (QED) is 0.311. The van der Waals surface area contributed by atoms with Gasteiger partial charge in [0.15, 0.2) is 0 Å². The summed E-state index contributed by atoms with van der Waals surface area (Å²) < 4.78 is 5.87. The summed E-state index contributed by atoms with van der Waals surface area (Å²) in [6.45, 7) is 8.16.